The van der Waals surface area contributed by atoms with E-state index in [1.165, 1.54) is 0 Å². The maximum atomic E-state index is 13.1. The molecule has 1 saturated heterocycles. The molecule has 2 heterocycles. The van der Waals surface area contributed by atoms with Gasteiger partial charge >= 0.3 is 0 Å². The average molecular weight is 337 g/mol. The zero-order valence-corrected chi connectivity index (χ0v) is 13.9. The normalized spacial score (nSPS) is 18.1. The summed E-state index contributed by atoms with van der Waals surface area (Å²) in [6.07, 6.45) is 5.48. The Morgan fingerprint density at radius 2 is 1.83 bits per heavy atom. The molecule has 1 fully saturated rings. The van der Waals surface area contributed by atoms with Crippen LogP contribution in [0.4, 0.5) is 5.69 Å². The summed E-state index contributed by atoms with van der Waals surface area (Å²) in [5.74, 6) is 0.0247. The number of hydrogen-bond donors (Lipinski definition) is 0. The Hall–Kier alpha value is -2.39. The van der Waals surface area contributed by atoms with Crippen LogP contribution in [0.2, 0.25) is 5.02 Å². The fourth-order valence-corrected chi connectivity index (χ4v) is 3.56. The molecule has 1 atom stereocenters. The highest BCUT2D eigenvalue weighted by Gasteiger charge is 2.31. The number of rotatable bonds is 2. The van der Waals surface area contributed by atoms with Crippen molar-refractivity contribution in [3.63, 3.8) is 0 Å². The van der Waals surface area contributed by atoms with Gasteiger partial charge < -0.3 is 4.90 Å². The molecule has 3 nitrogen and oxygen atoms in total. The van der Waals surface area contributed by atoms with Crippen LogP contribution in [0, 0.1) is 0 Å². The second-order valence-corrected chi connectivity index (χ2v) is 6.55. The number of halogens is 1. The van der Waals surface area contributed by atoms with Crippen molar-refractivity contribution in [2.45, 2.75) is 18.8 Å². The van der Waals surface area contributed by atoms with E-state index in [0.29, 0.717) is 5.02 Å². The Morgan fingerprint density at radius 1 is 1.04 bits per heavy atom. The Kier molecular flexibility index (Phi) is 3.95. The summed E-state index contributed by atoms with van der Waals surface area (Å²) >= 11 is 5.97. The van der Waals surface area contributed by atoms with Crippen molar-refractivity contribution in [1.82, 2.24) is 4.98 Å². The molecule has 0 saturated carbocycles. The predicted molar refractivity (Wildman–Crippen MR) is 97.5 cm³/mol. The lowest BCUT2D eigenvalue weighted by atomic mass is 9.89. The van der Waals surface area contributed by atoms with Crippen LogP contribution < -0.4 is 4.90 Å². The summed E-state index contributed by atoms with van der Waals surface area (Å²) in [5.41, 5.74) is 1.93. The summed E-state index contributed by atoms with van der Waals surface area (Å²) in [6.45, 7) is 0.735. The molecule has 2 aromatic carbocycles. The van der Waals surface area contributed by atoms with E-state index in [4.69, 9.17) is 11.6 Å². The largest absolute Gasteiger partial charge is 0.310 e. The molecular weight excluding hydrogens is 320 g/mol. The molecule has 0 aliphatic carbocycles. The standard InChI is InChI=1S/C20H17ClN2O/c21-16-9-7-14(8-10-16)18-6-3-11-23(20(18)24)19-13-22-12-15-4-1-2-5-17(15)19/h1-2,4-5,7-10,12-13,18H,3,6,11H2/t18-/m0/s1. The van der Waals surface area contributed by atoms with Crippen molar-refractivity contribution in [1.29, 1.82) is 0 Å². The Bertz CT molecular complexity index is 886. The summed E-state index contributed by atoms with van der Waals surface area (Å²) in [6, 6.07) is 15.7. The third-order valence-corrected chi connectivity index (χ3v) is 4.90. The van der Waals surface area contributed by atoms with Crippen LogP contribution in [-0.4, -0.2) is 17.4 Å². The van der Waals surface area contributed by atoms with E-state index < -0.39 is 0 Å². The number of anilines is 1. The molecule has 4 heteroatoms. The first-order valence-corrected chi connectivity index (χ1v) is 8.51. The number of carbonyl (C=O) groups is 1. The maximum absolute atomic E-state index is 13.1. The number of hydrogen-bond acceptors (Lipinski definition) is 2. The van der Waals surface area contributed by atoms with Crippen molar-refractivity contribution >= 4 is 34.0 Å². The number of pyridine rings is 1. The fourth-order valence-electron chi connectivity index (χ4n) is 3.43. The van der Waals surface area contributed by atoms with Crippen molar-refractivity contribution in [2.75, 3.05) is 11.4 Å². The molecule has 0 radical (unpaired) electrons. The van der Waals surface area contributed by atoms with Gasteiger partial charge in [-0.15, -0.1) is 0 Å². The summed E-state index contributed by atoms with van der Waals surface area (Å²) < 4.78 is 0. The van der Waals surface area contributed by atoms with Gasteiger partial charge in [-0.25, -0.2) is 0 Å². The topological polar surface area (TPSA) is 33.2 Å². The number of aromatic nitrogens is 1. The van der Waals surface area contributed by atoms with Crippen molar-refractivity contribution < 1.29 is 4.79 Å². The molecule has 1 aliphatic rings. The molecule has 0 N–H and O–H groups in total. The molecule has 1 aliphatic heterocycles. The van der Waals surface area contributed by atoms with Gasteiger partial charge in [-0.05, 0) is 30.5 Å². The highest BCUT2D eigenvalue weighted by atomic mass is 35.5. The van der Waals surface area contributed by atoms with E-state index in [1.54, 1.807) is 6.20 Å². The Morgan fingerprint density at radius 3 is 2.67 bits per heavy atom. The molecule has 120 valence electrons. The summed E-state index contributed by atoms with van der Waals surface area (Å²) in [7, 11) is 0. The minimum atomic E-state index is -0.116. The number of piperidine rings is 1. The first-order valence-electron chi connectivity index (χ1n) is 8.13. The molecule has 0 spiro atoms. The Labute approximate surface area is 145 Å². The highest BCUT2D eigenvalue weighted by Crippen LogP contribution is 2.34. The van der Waals surface area contributed by atoms with Crippen LogP contribution in [0.25, 0.3) is 10.8 Å². The first-order chi connectivity index (χ1) is 11.7. The lowest BCUT2D eigenvalue weighted by molar-refractivity contribution is -0.121. The van der Waals surface area contributed by atoms with Crippen LogP contribution in [0.15, 0.2) is 60.9 Å². The molecule has 0 bridgehead atoms. The minimum absolute atomic E-state index is 0.116. The maximum Gasteiger partial charge on any atom is 0.234 e. The second kappa shape index (κ2) is 6.25. The first kappa shape index (κ1) is 15.2. The molecule has 1 amide bonds. The van der Waals surface area contributed by atoms with Gasteiger partial charge in [-0.3, -0.25) is 9.78 Å². The van der Waals surface area contributed by atoms with Crippen molar-refractivity contribution in [3.8, 4) is 0 Å². The van der Waals surface area contributed by atoms with E-state index in [2.05, 4.69) is 4.98 Å². The van der Waals surface area contributed by atoms with Crippen LogP contribution >= 0.6 is 11.6 Å². The highest BCUT2D eigenvalue weighted by molar-refractivity contribution is 6.30. The van der Waals surface area contributed by atoms with E-state index in [9.17, 15) is 4.79 Å². The Balaban J connectivity index is 1.73. The number of nitrogens with zero attached hydrogens (tertiary/aromatic N) is 2. The van der Waals surface area contributed by atoms with Crippen LogP contribution in [0.1, 0.15) is 24.3 Å². The van der Waals surface area contributed by atoms with Gasteiger partial charge in [0.15, 0.2) is 0 Å². The SMILES string of the molecule is O=C1[C@H](c2ccc(Cl)cc2)CCCN1c1cncc2ccccc12. The second-order valence-electron chi connectivity index (χ2n) is 6.12. The number of amides is 1. The quantitative estimate of drug-likeness (QED) is 0.673. The van der Waals surface area contributed by atoms with Gasteiger partial charge in [0.05, 0.1) is 17.8 Å². The molecule has 1 aromatic heterocycles. The third kappa shape index (κ3) is 2.65. The zero-order valence-electron chi connectivity index (χ0n) is 13.2. The van der Waals surface area contributed by atoms with E-state index >= 15 is 0 Å². The molecular formula is C20H17ClN2O. The van der Waals surface area contributed by atoms with Gasteiger partial charge in [-0.1, -0.05) is 48.0 Å². The molecule has 24 heavy (non-hydrogen) atoms. The van der Waals surface area contributed by atoms with E-state index in [-0.39, 0.29) is 11.8 Å². The fraction of sp³-hybridized carbons (Fsp3) is 0.200. The van der Waals surface area contributed by atoms with E-state index in [1.807, 2.05) is 59.6 Å². The average Bonchev–Trinajstić information content (AvgIpc) is 2.62. The summed E-state index contributed by atoms with van der Waals surface area (Å²) in [4.78, 5) is 19.3. The smallest absolute Gasteiger partial charge is 0.234 e. The zero-order chi connectivity index (χ0) is 16.5. The third-order valence-electron chi connectivity index (χ3n) is 4.65. The number of benzene rings is 2. The van der Waals surface area contributed by atoms with E-state index in [0.717, 1.165) is 41.4 Å². The van der Waals surface area contributed by atoms with Gasteiger partial charge in [0.2, 0.25) is 5.91 Å². The minimum Gasteiger partial charge on any atom is -0.310 e. The van der Waals surface area contributed by atoms with Crippen molar-refractivity contribution in [2.24, 2.45) is 0 Å². The van der Waals surface area contributed by atoms with Crippen LogP contribution in [0.5, 0.6) is 0 Å². The number of fused-ring (bicyclic) bond motifs is 1. The summed E-state index contributed by atoms with van der Waals surface area (Å²) in [5, 5.41) is 2.81. The van der Waals surface area contributed by atoms with Gasteiger partial charge in [0.25, 0.3) is 0 Å². The lowest BCUT2D eigenvalue weighted by Gasteiger charge is -2.33. The molecule has 0 unspecified atom stereocenters. The van der Waals surface area contributed by atoms with Gasteiger partial charge in [0, 0.05) is 28.5 Å². The van der Waals surface area contributed by atoms with Crippen LogP contribution in [-0.2, 0) is 4.79 Å². The number of carbonyl (C=O) groups excluding carboxylic acids is 1. The van der Waals surface area contributed by atoms with Crippen molar-refractivity contribution in [3.05, 3.63) is 71.5 Å². The molecule has 3 aromatic rings. The van der Waals surface area contributed by atoms with Gasteiger partial charge in [-0.2, -0.15) is 0 Å². The monoisotopic (exact) mass is 336 g/mol. The lowest BCUT2D eigenvalue weighted by Crippen LogP contribution is -2.40. The van der Waals surface area contributed by atoms with Crippen LogP contribution in [0.3, 0.4) is 0 Å². The van der Waals surface area contributed by atoms with Gasteiger partial charge in [0.1, 0.15) is 0 Å². The molecule has 4 rings (SSSR count). The predicted octanol–water partition coefficient (Wildman–Crippen LogP) is 4.80.